The fourth-order valence-electron chi connectivity index (χ4n) is 3.19. The van der Waals surface area contributed by atoms with Gasteiger partial charge in [-0.3, -0.25) is 9.48 Å². The third-order valence-corrected chi connectivity index (χ3v) is 4.56. The van der Waals surface area contributed by atoms with Crippen LogP contribution < -0.4 is 20.3 Å². The summed E-state index contributed by atoms with van der Waals surface area (Å²) in [7, 11) is 3.29. The van der Waals surface area contributed by atoms with Crippen molar-refractivity contribution in [3.63, 3.8) is 0 Å². The number of hydrogen-bond donors (Lipinski definition) is 3. The van der Waals surface area contributed by atoms with Crippen molar-refractivity contribution in [3.05, 3.63) is 25.2 Å². The van der Waals surface area contributed by atoms with Gasteiger partial charge in [-0.2, -0.15) is 9.97 Å². The SMILES string of the molecule is C=CC(=O)NC1CN(c2nc(Nc3cn(C)nc3OC)c3[nH]cnc3n2)CC1F. The lowest BCUT2D eigenvalue weighted by Gasteiger charge is -2.17. The molecule has 4 heterocycles. The summed E-state index contributed by atoms with van der Waals surface area (Å²) in [6.45, 7) is 3.67. The lowest BCUT2D eigenvalue weighted by atomic mass is 10.2. The van der Waals surface area contributed by atoms with Gasteiger partial charge in [0.25, 0.3) is 5.88 Å². The Hall–Kier alpha value is -3.70. The van der Waals surface area contributed by atoms with E-state index in [1.165, 1.54) is 13.4 Å². The third-order valence-electron chi connectivity index (χ3n) is 4.56. The Kier molecular flexibility index (Phi) is 4.74. The Morgan fingerprint density at radius 1 is 1.45 bits per heavy atom. The Balaban J connectivity index is 1.65. The number of imidazole rings is 1. The first-order chi connectivity index (χ1) is 14.0. The topological polar surface area (TPSA) is 126 Å². The summed E-state index contributed by atoms with van der Waals surface area (Å²) in [6, 6.07) is -0.672. The number of carbonyl (C=O) groups is 1. The molecule has 2 unspecified atom stereocenters. The zero-order valence-electron chi connectivity index (χ0n) is 15.9. The van der Waals surface area contributed by atoms with Crippen LogP contribution in [0.3, 0.4) is 0 Å². The first-order valence-corrected chi connectivity index (χ1v) is 8.86. The molecule has 152 valence electrons. The molecule has 0 aliphatic carbocycles. The predicted molar refractivity (Wildman–Crippen MR) is 104 cm³/mol. The summed E-state index contributed by atoms with van der Waals surface area (Å²) in [5.74, 6) is 0.725. The van der Waals surface area contributed by atoms with Crippen LogP contribution in [0.1, 0.15) is 0 Å². The molecule has 3 aromatic heterocycles. The van der Waals surface area contributed by atoms with Crippen molar-refractivity contribution in [2.75, 3.05) is 30.4 Å². The largest absolute Gasteiger partial charge is 0.478 e. The Morgan fingerprint density at radius 3 is 3.03 bits per heavy atom. The first kappa shape index (κ1) is 18.7. The molecule has 4 rings (SSSR count). The highest BCUT2D eigenvalue weighted by Crippen LogP contribution is 2.30. The molecule has 0 radical (unpaired) electrons. The summed E-state index contributed by atoms with van der Waals surface area (Å²) in [5.41, 5.74) is 1.62. The molecule has 0 spiro atoms. The van der Waals surface area contributed by atoms with E-state index in [0.29, 0.717) is 34.5 Å². The quantitative estimate of drug-likeness (QED) is 0.515. The average molecular weight is 401 g/mol. The number of H-pyrrole nitrogens is 1. The van der Waals surface area contributed by atoms with Crippen LogP contribution in [-0.4, -0.2) is 68.0 Å². The van der Waals surface area contributed by atoms with Gasteiger partial charge in [0.05, 0.1) is 32.2 Å². The minimum Gasteiger partial charge on any atom is -0.478 e. The van der Waals surface area contributed by atoms with E-state index in [0.717, 1.165) is 6.08 Å². The van der Waals surface area contributed by atoms with Crippen molar-refractivity contribution in [1.29, 1.82) is 0 Å². The van der Waals surface area contributed by atoms with Gasteiger partial charge in [-0.25, -0.2) is 9.37 Å². The maximum Gasteiger partial charge on any atom is 0.256 e. The van der Waals surface area contributed by atoms with Gasteiger partial charge in [0.15, 0.2) is 11.5 Å². The number of nitrogens with zero attached hydrogens (tertiary/aromatic N) is 6. The standard InChI is InChI=1S/C17H20FN9O2/c1-4-12(28)21-10-7-27(5-9(10)18)17-23-14-13(19-8-20-14)15(24-17)22-11-6-26(2)25-16(11)29-3/h4,6,8-10H,1,5,7H2,2-3H3,(H,21,28)(H2,19,20,22,23,24). The normalized spacial score (nSPS) is 18.8. The van der Waals surface area contributed by atoms with E-state index < -0.39 is 18.1 Å². The van der Waals surface area contributed by atoms with Gasteiger partial charge in [-0.15, -0.1) is 5.10 Å². The summed E-state index contributed by atoms with van der Waals surface area (Å²) in [5, 5.41) is 9.96. The van der Waals surface area contributed by atoms with E-state index in [-0.39, 0.29) is 13.1 Å². The van der Waals surface area contributed by atoms with Crippen LogP contribution in [0.2, 0.25) is 0 Å². The maximum absolute atomic E-state index is 14.4. The monoisotopic (exact) mass is 401 g/mol. The molecule has 1 saturated heterocycles. The Bertz CT molecular complexity index is 1060. The molecule has 0 saturated carbocycles. The molecule has 1 amide bonds. The van der Waals surface area contributed by atoms with Gasteiger partial charge in [-0.05, 0) is 6.08 Å². The molecule has 0 bridgehead atoms. The van der Waals surface area contributed by atoms with Crippen molar-refractivity contribution in [2.24, 2.45) is 7.05 Å². The van der Waals surface area contributed by atoms with Crippen LogP contribution in [0.4, 0.5) is 21.8 Å². The molecule has 29 heavy (non-hydrogen) atoms. The molecule has 3 aromatic rings. The molecule has 1 aliphatic rings. The van der Waals surface area contributed by atoms with E-state index in [2.05, 4.69) is 42.2 Å². The molecule has 1 aliphatic heterocycles. The van der Waals surface area contributed by atoms with E-state index in [1.807, 2.05) is 0 Å². The van der Waals surface area contributed by atoms with Gasteiger partial charge in [0.2, 0.25) is 11.9 Å². The zero-order chi connectivity index (χ0) is 20.5. The number of anilines is 3. The van der Waals surface area contributed by atoms with Crippen molar-refractivity contribution in [3.8, 4) is 5.88 Å². The Labute approximate surface area is 165 Å². The molecule has 2 atom stereocenters. The molecule has 0 aromatic carbocycles. The highest BCUT2D eigenvalue weighted by Gasteiger charge is 2.35. The maximum atomic E-state index is 14.4. The van der Waals surface area contributed by atoms with Gasteiger partial charge in [0, 0.05) is 13.6 Å². The summed E-state index contributed by atoms with van der Waals surface area (Å²) >= 11 is 0. The molecular formula is C17H20FN9O2. The van der Waals surface area contributed by atoms with Crippen LogP contribution in [-0.2, 0) is 11.8 Å². The number of aromatic amines is 1. The summed E-state index contributed by atoms with van der Waals surface area (Å²) < 4.78 is 21.3. The van der Waals surface area contributed by atoms with Gasteiger partial charge in [-0.1, -0.05) is 6.58 Å². The van der Waals surface area contributed by atoms with Crippen LogP contribution in [0.15, 0.2) is 25.2 Å². The number of nitrogens with one attached hydrogen (secondary N) is 3. The second-order valence-corrected chi connectivity index (χ2v) is 6.56. The van der Waals surface area contributed by atoms with Crippen molar-refractivity contribution < 1.29 is 13.9 Å². The fraction of sp³-hybridized carbons (Fsp3) is 0.353. The second-order valence-electron chi connectivity index (χ2n) is 6.56. The lowest BCUT2D eigenvalue weighted by Crippen LogP contribution is -2.40. The van der Waals surface area contributed by atoms with E-state index >= 15 is 0 Å². The number of aryl methyl sites for hydroxylation is 1. The predicted octanol–water partition coefficient (Wildman–Crippen LogP) is 0.667. The molecule has 11 nitrogen and oxygen atoms in total. The third kappa shape index (κ3) is 3.56. The number of methoxy groups -OCH3 is 1. The van der Waals surface area contributed by atoms with E-state index in [4.69, 9.17) is 4.74 Å². The highest BCUT2D eigenvalue weighted by atomic mass is 19.1. The van der Waals surface area contributed by atoms with Crippen molar-refractivity contribution >= 4 is 34.5 Å². The van der Waals surface area contributed by atoms with Gasteiger partial charge in [0.1, 0.15) is 17.4 Å². The molecular weight excluding hydrogens is 381 g/mol. The zero-order valence-corrected chi connectivity index (χ0v) is 15.9. The number of carbonyl (C=O) groups excluding carboxylic acids is 1. The lowest BCUT2D eigenvalue weighted by molar-refractivity contribution is -0.117. The molecule has 1 fully saturated rings. The minimum absolute atomic E-state index is 0.0493. The van der Waals surface area contributed by atoms with Crippen molar-refractivity contribution in [1.82, 2.24) is 35.0 Å². The van der Waals surface area contributed by atoms with Crippen LogP contribution in [0.25, 0.3) is 11.2 Å². The molecule has 12 heteroatoms. The summed E-state index contributed by atoms with van der Waals surface area (Å²) in [6.07, 6.45) is 3.11. The van der Waals surface area contributed by atoms with Crippen LogP contribution >= 0.6 is 0 Å². The van der Waals surface area contributed by atoms with E-state index in [9.17, 15) is 9.18 Å². The van der Waals surface area contributed by atoms with Crippen LogP contribution in [0, 0.1) is 0 Å². The number of halogens is 1. The van der Waals surface area contributed by atoms with E-state index in [1.54, 1.807) is 22.8 Å². The van der Waals surface area contributed by atoms with Crippen molar-refractivity contribution in [2.45, 2.75) is 12.2 Å². The first-order valence-electron chi connectivity index (χ1n) is 8.86. The molecule has 3 N–H and O–H groups in total. The fourth-order valence-corrected chi connectivity index (χ4v) is 3.19. The highest BCUT2D eigenvalue weighted by molar-refractivity contribution is 5.88. The van der Waals surface area contributed by atoms with Crippen LogP contribution in [0.5, 0.6) is 5.88 Å². The second kappa shape index (κ2) is 7.37. The number of amides is 1. The van der Waals surface area contributed by atoms with Gasteiger partial charge < -0.3 is 25.3 Å². The summed E-state index contributed by atoms with van der Waals surface area (Å²) in [4.78, 5) is 29.3. The number of aromatic nitrogens is 6. The minimum atomic E-state index is -1.26. The number of rotatable bonds is 6. The number of ether oxygens (including phenoxy) is 1. The number of fused-ring (bicyclic) bond motifs is 1. The smallest absolute Gasteiger partial charge is 0.256 e. The van der Waals surface area contributed by atoms with Gasteiger partial charge >= 0.3 is 0 Å². The number of alkyl halides is 1. The average Bonchev–Trinajstić information content (AvgIpc) is 3.40. The Morgan fingerprint density at radius 2 is 2.28 bits per heavy atom. The number of hydrogen-bond acceptors (Lipinski definition) is 8.